The van der Waals surface area contributed by atoms with Gasteiger partial charge in [0.05, 0.1) is 0 Å². The maximum absolute atomic E-state index is 8.75. The van der Waals surface area contributed by atoms with E-state index in [0.717, 1.165) is 16.7 Å². The highest BCUT2D eigenvalue weighted by Gasteiger charge is 2.21. The molecule has 1 atom stereocenters. The molecule has 0 aliphatic carbocycles. The van der Waals surface area contributed by atoms with E-state index in [-0.39, 0.29) is 5.84 Å². The lowest BCUT2D eigenvalue weighted by Crippen LogP contribution is -2.45. The number of likely N-dealkylation sites (N-methyl/N-ethyl adjacent to an activating group) is 2. The molecule has 6 heteroatoms. The van der Waals surface area contributed by atoms with Crippen LogP contribution in [0.15, 0.2) is 27.8 Å². The first-order valence-corrected chi connectivity index (χ1v) is 7.51. The van der Waals surface area contributed by atoms with Crippen LogP contribution in [0.1, 0.15) is 18.4 Å². The molecule has 0 saturated carbocycles. The van der Waals surface area contributed by atoms with E-state index in [1.807, 2.05) is 18.2 Å². The maximum atomic E-state index is 8.75. The smallest absolute Gasteiger partial charge is 0.171 e. The summed E-state index contributed by atoms with van der Waals surface area (Å²) in [6.07, 6.45) is 2.44. The van der Waals surface area contributed by atoms with E-state index in [9.17, 15) is 0 Å². The number of hydrogen-bond acceptors (Lipinski definition) is 4. The van der Waals surface area contributed by atoms with Gasteiger partial charge >= 0.3 is 0 Å². The number of hydrogen-bond donors (Lipinski definition) is 2. The third kappa shape index (κ3) is 3.24. The van der Waals surface area contributed by atoms with Gasteiger partial charge in [0.2, 0.25) is 0 Å². The summed E-state index contributed by atoms with van der Waals surface area (Å²) in [5.41, 5.74) is 7.46. The number of benzene rings is 1. The molecule has 0 bridgehead atoms. The van der Waals surface area contributed by atoms with E-state index in [1.54, 1.807) is 0 Å². The normalized spacial score (nSPS) is 20.9. The molecule has 0 aromatic heterocycles. The van der Waals surface area contributed by atoms with Crippen molar-refractivity contribution in [3.05, 3.63) is 28.2 Å². The Bertz CT molecular complexity index is 506. The van der Waals surface area contributed by atoms with Crippen LogP contribution in [0.2, 0.25) is 0 Å². The lowest BCUT2D eigenvalue weighted by atomic mass is 10.0. The molecule has 1 aromatic rings. The zero-order valence-corrected chi connectivity index (χ0v) is 13.5. The molecule has 1 unspecified atom stereocenters. The highest BCUT2D eigenvalue weighted by molar-refractivity contribution is 9.10. The Kier molecular flexibility index (Phi) is 4.88. The van der Waals surface area contributed by atoms with Gasteiger partial charge < -0.3 is 20.7 Å². The molecule has 5 nitrogen and oxygen atoms in total. The quantitative estimate of drug-likeness (QED) is 0.382. The Morgan fingerprint density at radius 2 is 2.30 bits per heavy atom. The van der Waals surface area contributed by atoms with Gasteiger partial charge in [-0.15, -0.1) is 0 Å². The fourth-order valence-electron chi connectivity index (χ4n) is 2.65. The van der Waals surface area contributed by atoms with Gasteiger partial charge in [-0.1, -0.05) is 5.16 Å². The van der Waals surface area contributed by atoms with Crippen LogP contribution in [-0.2, 0) is 0 Å². The van der Waals surface area contributed by atoms with Crippen molar-refractivity contribution in [1.29, 1.82) is 0 Å². The van der Waals surface area contributed by atoms with Crippen molar-refractivity contribution in [1.82, 2.24) is 4.90 Å². The second-order valence-electron chi connectivity index (χ2n) is 5.32. The van der Waals surface area contributed by atoms with Crippen molar-refractivity contribution >= 4 is 27.5 Å². The fourth-order valence-corrected chi connectivity index (χ4v) is 3.22. The Morgan fingerprint density at radius 1 is 1.55 bits per heavy atom. The molecular formula is C14H21BrN4O. The van der Waals surface area contributed by atoms with Crippen molar-refractivity contribution < 1.29 is 5.21 Å². The number of nitrogens with two attached hydrogens (primary N) is 1. The van der Waals surface area contributed by atoms with Gasteiger partial charge in [0.25, 0.3) is 0 Å². The highest BCUT2D eigenvalue weighted by atomic mass is 79.9. The van der Waals surface area contributed by atoms with Crippen molar-refractivity contribution in [2.75, 3.05) is 32.1 Å². The number of oxime groups is 1. The van der Waals surface area contributed by atoms with Crippen LogP contribution in [-0.4, -0.2) is 49.2 Å². The van der Waals surface area contributed by atoms with Crippen molar-refractivity contribution in [2.24, 2.45) is 10.9 Å². The molecule has 1 heterocycles. The van der Waals surface area contributed by atoms with Gasteiger partial charge in [-0.2, -0.15) is 0 Å². The minimum absolute atomic E-state index is 0.114. The predicted molar refractivity (Wildman–Crippen MR) is 85.6 cm³/mol. The molecule has 1 fully saturated rings. The number of anilines is 1. The summed E-state index contributed by atoms with van der Waals surface area (Å²) in [4.78, 5) is 4.67. The number of halogens is 1. The van der Waals surface area contributed by atoms with Gasteiger partial charge in [-0.3, -0.25) is 0 Å². The van der Waals surface area contributed by atoms with Crippen LogP contribution in [0.5, 0.6) is 0 Å². The van der Waals surface area contributed by atoms with E-state index >= 15 is 0 Å². The zero-order valence-electron chi connectivity index (χ0n) is 11.9. The van der Waals surface area contributed by atoms with Crippen LogP contribution < -0.4 is 10.6 Å². The van der Waals surface area contributed by atoms with Crippen LogP contribution in [0, 0.1) is 0 Å². The Labute approximate surface area is 128 Å². The molecule has 0 radical (unpaired) electrons. The lowest BCUT2D eigenvalue weighted by molar-refractivity contribution is 0.248. The summed E-state index contributed by atoms with van der Waals surface area (Å²) >= 11 is 3.48. The van der Waals surface area contributed by atoms with E-state index in [4.69, 9.17) is 10.9 Å². The van der Waals surface area contributed by atoms with Crippen LogP contribution >= 0.6 is 15.9 Å². The zero-order chi connectivity index (χ0) is 14.7. The molecule has 1 aliphatic rings. The van der Waals surface area contributed by atoms with E-state index < -0.39 is 0 Å². The second kappa shape index (κ2) is 6.45. The third-order valence-electron chi connectivity index (χ3n) is 3.89. The molecule has 1 aromatic carbocycles. The van der Waals surface area contributed by atoms with Crippen molar-refractivity contribution in [2.45, 2.75) is 18.9 Å². The Balaban J connectivity index is 2.18. The third-order valence-corrected chi connectivity index (χ3v) is 4.55. The monoisotopic (exact) mass is 340 g/mol. The number of rotatable bonds is 3. The van der Waals surface area contributed by atoms with E-state index in [2.05, 4.69) is 45.0 Å². The summed E-state index contributed by atoms with van der Waals surface area (Å²) in [6.45, 7) is 2.26. The lowest BCUT2D eigenvalue weighted by Gasteiger charge is -2.37. The summed E-state index contributed by atoms with van der Waals surface area (Å²) in [7, 11) is 4.28. The summed E-state index contributed by atoms with van der Waals surface area (Å²) in [6, 6.07) is 6.42. The van der Waals surface area contributed by atoms with Crippen molar-refractivity contribution in [3.8, 4) is 0 Å². The standard InChI is InChI=1S/C14H21BrN4O/c1-18-7-3-4-11(9-18)19(2)10-5-6-12(13(15)8-10)14(16)17-20/h5-6,8,11,20H,3-4,7,9H2,1-2H3,(H2,16,17). The number of nitrogens with zero attached hydrogens (tertiary/aromatic N) is 3. The topological polar surface area (TPSA) is 65.1 Å². The van der Waals surface area contributed by atoms with E-state index in [0.29, 0.717) is 11.6 Å². The predicted octanol–water partition coefficient (Wildman–Crippen LogP) is 2.07. The highest BCUT2D eigenvalue weighted by Crippen LogP contribution is 2.26. The summed E-state index contributed by atoms with van der Waals surface area (Å²) < 4.78 is 0.835. The first kappa shape index (κ1) is 15.1. The second-order valence-corrected chi connectivity index (χ2v) is 6.17. The number of piperidine rings is 1. The average molecular weight is 341 g/mol. The summed E-state index contributed by atoms with van der Waals surface area (Å²) in [5.74, 6) is 0.114. The Hall–Kier alpha value is -1.27. The van der Waals surface area contributed by atoms with Crippen molar-refractivity contribution in [3.63, 3.8) is 0 Å². The van der Waals surface area contributed by atoms with Crippen LogP contribution in [0.25, 0.3) is 0 Å². The van der Waals surface area contributed by atoms with Gasteiger partial charge in [0.1, 0.15) is 0 Å². The van der Waals surface area contributed by atoms with Gasteiger partial charge in [-0.25, -0.2) is 0 Å². The first-order valence-electron chi connectivity index (χ1n) is 6.71. The minimum atomic E-state index is 0.114. The SMILES string of the molecule is CN1CCCC(N(C)c2ccc(/C(N)=N/O)c(Br)c2)C1. The van der Waals surface area contributed by atoms with Gasteiger partial charge in [0, 0.05) is 35.4 Å². The molecule has 0 amide bonds. The molecule has 110 valence electrons. The van der Waals surface area contributed by atoms with Gasteiger partial charge in [-0.05, 0) is 60.6 Å². The van der Waals surface area contributed by atoms with Crippen LogP contribution in [0.3, 0.4) is 0 Å². The molecular weight excluding hydrogens is 320 g/mol. The molecule has 1 saturated heterocycles. The minimum Gasteiger partial charge on any atom is -0.409 e. The summed E-state index contributed by atoms with van der Waals surface area (Å²) in [5, 5.41) is 11.8. The van der Waals surface area contributed by atoms with Crippen LogP contribution in [0.4, 0.5) is 5.69 Å². The Morgan fingerprint density at radius 3 is 2.90 bits per heavy atom. The van der Waals surface area contributed by atoms with E-state index in [1.165, 1.54) is 19.4 Å². The maximum Gasteiger partial charge on any atom is 0.171 e. The number of amidine groups is 1. The molecule has 2 rings (SSSR count). The first-order chi connectivity index (χ1) is 9.52. The molecule has 0 spiro atoms. The van der Waals surface area contributed by atoms with Gasteiger partial charge in [0.15, 0.2) is 5.84 Å². The molecule has 3 N–H and O–H groups in total. The number of likely N-dealkylation sites (tertiary alicyclic amines) is 1. The largest absolute Gasteiger partial charge is 0.409 e. The molecule has 20 heavy (non-hydrogen) atoms. The fraction of sp³-hybridized carbons (Fsp3) is 0.500. The molecule has 1 aliphatic heterocycles. The average Bonchev–Trinajstić information content (AvgIpc) is 2.45.